The van der Waals surface area contributed by atoms with E-state index in [-0.39, 0.29) is 5.54 Å². The third kappa shape index (κ3) is 2.49. The van der Waals surface area contributed by atoms with Gasteiger partial charge in [-0.1, -0.05) is 54.6 Å². The van der Waals surface area contributed by atoms with E-state index < -0.39 is 0 Å². The quantitative estimate of drug-likeness (QED) is 0.893. The van der Waals surface area contributed by atoms with Crippen molar-refractivity contribution in [3.05, 3.63) is 71.3 Å². The molecule has 0 bridgehead atoms. The Hall–Kier alpha value is -1.64. The van der Waals surface area contributed by atoms with E-state index in [1.807, 2.05) is 0 Å². The highest BCUT2D eigenvalue weighted by Gasteiger charge is 2.34. The van der Waals surface area contributed by atoms with Crippen molar-refractivity contribution in [2.24, 2.45) is 5.73 Å². The minimum Gasteiger partial charge on any atom is -0.328 e. The first-order valence-electron chi connectivity index (χ1n) is 7.41. The topological polar surface area (TPSA) is 38.0 Å². The predicted octanol–water partition coefficient (Wildman–Crippen LogP) is 2.97. The molecule has 1 unspecified atom stereocenters. The average molecular weight is 266 g/mol. The van der Waals surface area contributed by atoms with Crippen molar-refractivity contribution in [3.8, 4) is 0 Å². The van der Waals surface area contributed by atoms with E-state index >= 15 is 0 Å². The van der Waals surface area contributed by atoms with Crippen molar-refractivity contribution in [1.82, 2.24) is 5.32 Å². The Balaban J connectivity index is 1.85. The molecule has 1 atom stereocenters. The summed E-state index contributed by atoms with van der Waals surface area (Å²) in [6.45, 7) is 1.52. The number of nitrogens with two attached hydrogens (primary N) is 1. The molecule has 2 aromatic rings. The van der Waals surface area contributed by atoms with Crippen molar-refractivity contribution in [2.75, 3.05) is 6.54 Å². The van der Waals surface area contributed by atoms with Crippen LogP contribution in [-0.4, -0.2) is 6.54 Å². The van der Waals surface area contributed by atoms with Crippen LogP contribution in [0.5, 0.6) is 0 Å². The number of hydrogen-bond acceptors (Lipinski definition) is 2. The fourth-order valence-electron chi connectivity index (χ4n) is 3.26. The van der Waals surface area contributed by atoms with Gasteiger partial charge >= 0.3 is 0 Å². The molecule has 3 N–H and O–H groups in total. The highest BCUT2D eigenvalue weighted by Crippen LogP contribution is 2.34. The van der Waals surface area contributed by atoms with Crippen LogP contribution in [0.15, 0.2) is 54.6 Å². The first-order chi connectivity index (χ1) is 9.84. The Kier molecular flexibility index (Phi) is 3.86. The first kappa shape index (κ1) is 13.3. The van der Waals surface area contributed by atoms with E-state index in [1.54, 1.807) is 0 Å². The third-order valence-corrected chi connectivity index (χ3v) is 4.40. The zero-order valence-electron chi connectivity index (χ0n) is 11.8. The number of rotatable bonds is 4. The van der Waals surface area contributed by atoms with Crippen molar-refractivity contribution in [1.29, 1.82) is 0 Å². The van der Waals surface area contributed by atoms with Crippen LogP contribution < -0.4 is 11.1 Å². The summed E-state index contributed by atoms with van der Waals surface area (Å²) in [5.41, 5.74) is 10.2. The normalized spacial score (nSPS) is 21.4. The lowest BCUT2D eigenvalue weighted by atomic mass is 9.76. The molecule has 2 aromatic carbocycles. The standard InChI is InChI=1S/C18H22N2/c19-14-18(20-13-15-7-2-1-3-8-15)12-6-10-16-9-4-5-11-17(16)18/h1-5,7-9,11,20H,6,10,12-14,19H2. The summed E-state index contributed by atoms with van der Waals surface area (Å²) in [5, 5.41) is 3.73. The van der Waals surface area contributed by atoms with E-state index in [1.165, 1.54) is 29.5 Å². The van der Waals surface area contributed by atoms with Crippen LogP contribution in [0.1, 0.15) is 29.5 Å². The highest BCUT2D eigenvalue weighted by atomic mass is 15.0. The number of hydrogen-bond donors (Lipinski definition) is 2. The Morgan fingerprint density at radius 1 is 1.00 bits per heavy atom. The molecule has 0 radical (unpaired) electrons. The minimum absolute atomic E-state index is 0.0648. The maximum absolute atomic E-state index is 6.15. The molecule has 0 aromatic heterocycles. The Morgan fingerprint density at radius 3 is 2.55 bits per heavy atom. The van der Waals surface area contributed by atoms with Gasteiger partial charge in [-0.25, -0.2) is 0 Å². The van der Waals surface area contributed by atoms with Crippen molar-refractivity contribution in [3.63, 3.8) is 0 Å². The lowest BCUT2D eigenvalue weighted by Crippen LogP contribution is -2.50. The summed E-state index contributed by atoms with van der Waals surface area (Å²) >= 11 is 0. The van der Waals surface area contributed by atoms with Gasteiger partial charge in [0, 0.05) is 13.1 Å². The molecule has 3 rings (SSSR count). The molecule has 20 heavy (non-hydrogen) atoms. The van der Waals surface area contributed by atoms with Gasteiger partial charge in [0.15, 0.2) is 0 Å². The molecule has 1 aliphatic carbocycles. The molecule has 0 saturated heterocycles. The van der Waals surface area contributed by atoms with Gasteiger partial charge in [0.1, 0.15) is 0 Å². The summed E-state index contributed by atoms with van der Waals surface area (Å²) in [5.74, 6) is 0. The van der Waals surface area contributed by atoms with Gasteiger partial charge in [0.2, 0.25) is 0 Å². The van der Waals surface area contributed by atoms with E-state index in [0.29, 0.717) is 6.54 Å². The summed E-state index contributed by atoms with van der Waals surface area (Å²) in [4.78, 5) is 0. The average Bonchev–Trinajstić information content (AvgIpc) is 2.54. The van der Waals surface area contributed by atoms with Crippen molar-refractivity contribution < 1.29 is 0 Å². The van der Waals surface area contributed by atoms with Crippen LogP contribution in [0.2, 0.25) is 0 Å². The summed E-state index contributed by atoms with van der Waals surface area (Å²) in [7, 11) is 0. The second kappa shape index (κ2) is 5.78. The predicted molar refractivity (Wildman–Crippen MR) is 83.4 cm³/mol. The maximum atomic E-state index is 6.15. The number of aryl methyl sites for hydroxylation is 1. The zero-order valence-corrected chi connectivity index (χ0v) is 11.8. The lowest BCUT2D eigenvalue weighted by molar-refractivity contribution is 0.290. The molecule has 0 spiro atoms. The smallest absolute Gasteiger partial charge is 0.0564 e. The summed E-state index contributed by atoms with van der Waals surface area (Å²) in [6.07, 6.45) is 3.49. The first-order valence-corrected chi connectivity index (χ1v) is 7.41. The summed E-state index contributed by atoms with van der Waals surface area (Å²) in [6, 6.07) is 19.3. The van der Waals surface area contributed by atoms with Gasteiger partial charge in [-0.05, 0) is 36.0 Å². The molecule has 0 amide bonds. The van der Waals surface area contributed by atoms with Crippen LogP contribution in [0, 0.1) is 0 Å². The van der Waals surface area contributed by atoms with E-state index in [2.05, 4.69) is 59.9 Å². The zero-order chi connectivity index (χ0) is 13.8. The van der Waals surface area contributed by atoms with E-state index in [9.17, 15) is 0 Å². The largest absolute Gasteiger partial charge is 0.328 e. The van der Waals surface area contributed by atoms with Crippen LogP contribution in [0.3, 0.4) is 0 Å². The van der Waals surface area contributed by atoms with Crippen LogP contribution in [0.4, 0.5) is 0 Å². The molecule has 0 saturated carbocycles. The summed E-state index contributed by atoms with van der Waals surface area (Å²) < 4.78 is 0. The van der Waals surface area contributed by atoms with Crippen molar-refractivity contribution >= 4 is 0 Å². The van der Waals surface area contributed by atoms with Crippen LogP contribution >= 0.6 is 0 Å². The fourth-order valence-corrected chi connectivity index (χ4v) is 3.26. The van der Waals surface area contributed by atoms with Crippen molar-refractivity contribution in [2.45, 2.75) is 31.3 Å². The molecular formula is C18H22N2. The highest BCUT2D eigenvalue weighted by molar-refractivity contribution is 5.36. The van der Waals surface area contributed by atoms with Gasteiger partial charge in [0.05, 0.1) is 5.54 Å². The third-order valence-electron chi connectivity index (χ3n) is 4.40. The molecule has 0 fully saturated rings. The molecule has 2 nitrogen and oxygen atoms in total. The number of fused-ring (bicyclic) bond motifs is 1. The Labute approximate surface area is 121 Å². The Bertz CT molecular complexity index is 565. The molecule has 0 heterocycles. The molecule has 2 heteroatoms. The lowest BCUT2D eigenvalue weighted by Gasteiger charge is -2.39. The van der Waals surface area contributed by atoms with Gasteiger partial charge in [0.25, 0.3) is 0 Å². The second-order valence-corrected chi connectivity index (χ2v) is 5.64. The van der Waals surface area contributed by atoms with Gasteiger partial charge in [-0.15, -0.1) is 0 Å². The molecule has 1 aliphatic rings. The minimum atomic E-state index is -0.0648. The molecule has 104 valence electrons. The molecule has 0 aliphatic heterocycles. The monoisotopic (exact) mass is 266 g/mol. The van der Waals surface area contributed by atoms with Gasteiger partial charge in [-0.3, -0.25) is 0 Å². The van der Waals surface area contributed by atoms with Gasteiger partial charge in [-0.2, -0.15) is 0 Å². The second-order valence-electron chi connectivity index (χ2n) is 5.64. The van der Waals surface area contributed by atoms with E-state index in [0.717, 1.165) is 13.0 Å². The number of nitrogens with one attached hydrogen (secondary N) is 1. The van der Waals surface area contributed by atoms with Crippen LogP contribution in [-0.2, 0) is 18.5 Å². The van der Waals surface area contributed by atoms with Gasteiger partial charge < -0.3 is 11.1 Å². The maximum Gasteiger partial charge on any atom is 0.0564 e. The molecular weight excluding hydrogens is 244 g/mol. The Morgan fingerprint density at radius 2 is 1.75 bits per heavy atom. The number of benzene rings is 2. The fraction of sp³-hybridized carbons (Fsp3) is 0.333. The SMILES string of the molecule is NCC1(NCc2ccccc2)CCCc2ccccc21. The van der Waals surface area contributed by atoms with Crippen LogP contribution in [0.25, 0.3) is 0 Å². The van der Waals surface area contributed by atoms with E-state index in [4.69, 9.17) is 5.73 Å².